The van der Waals surface area contributed by atoms with E-state index < -0.39 is 24.4 Å². The molecular weight excluding hydrogens is 602 g/mol. The number of nitrogens with one attached hydrogen (secondary N) is 2. The number of benzene rings is 1. The summed E-state index contributed by atoms with van der Waals surface area (Å²) in [6, 6.07) is 7.33. The van der Waals surface area contributed by atoms with Crippen LogP contribution in [0.15, 0.2) is 49.2 Å². The number of rotatable bonds is 10. The number of anilines is 2. The van der Waals surface area contributed by atoms with Crippen LogP contribution >= 0.6 is 0 Å². The van der Waals surface area contributed by atoms with Gasteiger partial charge in [-0.15, -0.1) is 0 Å². The predicted octanol–water partition coefficient (Wildman–Crippen LogP) is 5.30. The van der Waals surface area contributed by atoms with Gasteiger partial charge in [0.2, 0.25) is 5.95 Å². The van der Waals surface area contributed by atoms with Crippen molar-refractivity contribution in [2.24, 2.45) is 5.92 Å². The average molecular weight is 640 g/mol. The maximum Gasteiger partial charge on any atom is 0.401 e. The number of halogens is 4. The van der Waals surface area contributed by atoms with Gasteiger partial charge in [0.1, 0.15) is 12.1 Å². The summed E-state index contributed by atoms with van der Waals surface area (Å²) in [5.74, 6) is 0.0825. The van der Waals surface area contributed by atoms with Crippen LogP contribution in [0, 0.1) is 11.7 Å². The van der Waals surface area contributed by atoms with Gasteiger partial charge in [0, 0.05) is 69.2 Å². The molecule has 46 heavy (non-hydrogen) atoms. The Labute approximate surface area is 264 Å². The minimum atomic E-state index is -4.19. The van der Waals surface area contributed by atoms with Crippen LogP contribution in [0.25, 0.3) is 22.2 Å². The van der Waals surface area contributed by atoms with Gasteiger partial charge < -0.3 is 15.5 Å². The number of alkyl halides is 3. The number of hydrogen-bond acceptors (Lipinski definition) is 9. The number of fused-ring (bicyclic) bond motifs is 1. The van der Waals surface area contributed by atoms with E-state index in [1.54, 1.807) is 18.5 Å². The molecule has 244 valence electrons. The Kier molecular flexibility index (Phi) is 9.94. The molecule has 2 unspecified atom stereocenters. The molecule has 0 radical (unpaired) electrons. The number of para-hydroxylation sites is 1. The fourth-order valence-corrected chi connectivity index (χ4v) is 5.82. The van der Waals surface area contributed by atoms with Crippen molar-refractivity contribution in [2.45, 2.75) is 44.8 Å². The maximum absolute atomic E-state index is 14.5. The van der Waals surface area contributed by atoms with Crippen molar-refractivity contribution < 1.29 is 22.4 Å². The number of carbonyl (C=O) groups is 1. The van der Waals surface area contributed by atoms with E-state index in [2.05, 4.69) is 49.4 Å². The van der Waals surface area contributed by atoms with E-state index in [1.807, 2.05) is 30.1 Å². The van der Waals surface area contributed by atoms with Crippen LogP contribution in [0.2, 0.25) is 0 Å². The first-order valence-electron chi connectivity index (χ1n) is 15.1. The molecule has 1 fully saturated rings. The van der Waals surface area contributed by atoms with Crippen molar-refractivity contribution in [3.05, 3.63) is 66.1 Å². The Balaban J connectivity index is 1.21. The molecule has 2 N–H and O–H groups in total. The van der Waals surface area contributed by atoms with Crippen molar-refractivity contribution in [3.8, 4) is 11.3 Å². The molecule has 1 aliphatic heterocycles. The first-order valence-corrected chi connectivity index (χ1v) is 15.1. The summed E-state index contributed by atoms with van der Waals surface area (Å²) in [6.45, 7) is 4.59. The standard InChI is InChI=1S/C32H37F4N9O/c1-19(20(2)23-6-5-7-24-28(30(46)37-3)25(33)16-39-29(23)24)13-38-27-12-26(42-18-43-27)21-14-40-31(41-15-21)44(4)22-8-10-45(11-9-22)17-32(34,35)36/h5-7,12,14-16,18-20,22H,8-11,13,17H2,1-4H3,(H,37,46)(H,38,42,43). The van der Waals surface area contributed by atoms with Crippen LogP contribution in [0.5, 0.6) is 0 Å². The monoisotopic (exact) mass is 639 g/mol. The molecule has 0 spiro atoms. The average Bonchev–Trinajstić information content (AvgIpc) is 3.05. The van der Waals surface area contributed by atoms with Crippen molar-refractivity contribution in [2.75, 3.05) is 50.5 Å². The molecule has 1 amide bonds. The van der Waals surface area contributed by atoms with Crippen molar-refractivity contribution in [3.63, 3.8) is 0 Å². The van der Waals surface area contributed by atoms with Gasteiger partial charge >= 0.3 is 6.18 Å². The molecule has 0 saturated carbocycles. The molecule has 2 atom stereocenters. The number of likely N-dealkylation sites (tertiary alicyclic amines) is 1. The van der Waals surface area contributed by atoms with Gasteiger partial charge in [0.25, 0.3) is 5.91 Å². The molecule has 1 saturated heterocycles. The lowest BCUT2D eigenvalue weighted by atomic mass is 9.87. The Bertz CT molecular complexity index is 1660. The molecule has 1 aliphatic rings. The molecule has 4 heterocycles. The largest absolute Gasteiger partial charge is 0.401 e. The second kappa shape index (κ2) is 13.9. The quantitative estimate of drug-likeness (QED) is 0.224. The Morgan fingerprint density at radius 2 is 1.78 bits per heavy atom. The molecule has 0 aliphatic carbocycles. The number of aromatic nitrogens is 5. The lowest BCUT2D eigenvalue weighted by molar-refractivity contribution is -0.147. The normalized spacial score (nSPS) is 15.8. The van der Waals surface area contributed by atoms with Crippen LogP contribution in [0.3, 0.4) is 0 Å². The van der Waals surface area contributed by atoms with E-state index in [0.717, 1.165) is 11.8 Å². The number of piperidine rings is 1. The summed E-state index contributed by atoms with van der Waals surface area (Å²) in [7, 11) is 3.33. The highest BCUT2D eigenvalue weighted by atomic mass is 19.4. The maximum atomic E-state index is 14.5. The van der Waals surface area contributed by atoms with E-state index in [4.69, 9.17) is 0 Å². The molecule has 3 aromatic heterocycles. The first-order chi connectivity index (χ1) is 21.9. The second-order valence-corrected chi connectivity index (χ2v) is 11.7. The summed E-state index contributed by atoms with van der Waals surface area (Å²) in [6.07, 6.45) is 2.92. The highest BCUT2D eigenvalue weighted by Crippen LogP contribution is 2.32. The lowest BCUT2D eigenvalue weighted by Crippen LogP contribution is -2.46. The highest BCUT2D eigenvalue weighted by Gasteiger charge is 2.33. The third kappa shape index (κ3) is 7.49. The number of carbonyl (C=O) groups excluding carboxylic acids is 1. The Hall–Kier alpha value is -4.46. The summed E-state index contributed by atoms with van der Waals surface area (Å²) in [5, 5.41) is 6.34. The zero-order valence-electron chi connectivity index (χ0n) is 26.1. The summed E-state index contributed by atoms with van der Waals surface area (Å²) >= 11 is 0. The lowest BCUT2D eigenvalue weighted by Gasteiger charge is -2.36. The number of hydrogen-bond donors (Lipinski definition) is 2. The summed E-state index contributed by atoms with van der Waals surface area (Å²) in [5.41, 5.74) is 2.82. The second-order valence-electron chi connectivity index (χ2n) is 11.7. The first kappa shape index (κ1) is 32.9. The third-order valence-electron chi connectivity index (χ3n) is 8.71. The Morgan fingerprint density at radius 1 is 1.07 bits per heavy atom. The van der Waals surface area contributed by atoms with Gasteiger partial charge in [-0.2, -0.15) is 13.2 Å². The smallest absolute Gasteiger partial charge is 0.370 e. The van der Waals surface area contributed by atoms with E-state index in [0.29, 0.717) is 66.4 Å². The van der Waals surface area contributed by atoms with Gasteiger partial charge in [-0.1, -0.05) is 32.0 Å². The molecule has 5 rings (SSSR count). The summed E-state index contributed by atoms with van der Waals surface area (Å²) in [4.78, 5) is 37.8. The molecule has 14 heteroatoms. The van der Waals surface area contributed by atoms with Crippen molar-refractivity contribution in [1.29, 1.82) is 0 Å². The van der Waals surface area contributed by atoms with Crippen LogP contribution in [0.4, 0.5) is 29.3 Å². The SMILES string of the molecule is CNC(=O)c1c(F)cnc2c(C(C)C(C)CNc3cc(-c4cnc(N(C)C5CCN(CC(F)(F)F)CC5)nc4)ncn3)cccc12. The minimum absolute atomic E-state index is 0.0165. The predicted molar refractivity (Wildman–Crippen MR) is 168 cm³/mol. The van der Waals surface area contributed by atoms with Gasteiger partial charge in [0.15, 0.2) is 5.82 Å². The zero-order chi connectivity index (χ0) is 33.0. The van der Waals surface area contributed by atoms with Crippen LogP contribution in [0.1, 0.15) is 48.5 Å². The van der Waals surface area contributed by atoms with Gasteiger partial charge in [-0.3, -0.25) is 14.7 Å². The van der Waals surface area contributed by atoms with E-state index in [-0.39, 0.29) is 23.4 Å². The van der Waals surface area contributed by atoms with Crippen LogP contribution in [-0.4, -0.2) is 88.2 Å². The number of pyridine rings is 1. The third-order valence-corrected chi connectivity index (χ3v) is 8.71. The molecule has 0 bridgehead atoms. The summed E-state index contributed by atoms with van der Waals surface area (Å²) < 4.78 is 52.7. The Morgan fingerprint density at radius 3 is 2.46 bits per heavy atom. The zero-order valence-corrected chi connectivity index (χ0v) is 26.1. The van der Waals surface area contributed by atoms with E-state index in [9.17, 15) is 22.4 Å². The van der Waals surface area contributed by atoms with Crippen LogP contribution in [-0.2, 0) is 0 Å². The number of amides is 1. The fourth-order valence-electron chi connectivity index (χ4n) is 5.82. The topological polar surface area (TPSA) is 112 Å². The molecular formula is C32H37F4N9O. The fraction of sp³-hybridized carbons (Fsp3) is 0.438. The molecule has 1 aromatic carbocycles. The molecule has 4 aromatic rings. The van der Waals surface area contributed by atoms with Gasteiger partial charge in [0.05, 0.1) is 29.5 Å². The highest BCUT2D eigenvalue weighted by molar-refractivity contribution is 6.06. The minimum Gasteiger partial charge on any atom is -0.370 e. The van der Waals surface area contributed by atoms with Crippen LogP contribution < -0.4 is 15.5 Å². The van der Waals surface area contributed by atoms with Crippen molar-refractivity contribution >= 4 is 28.6 Å². The van der Waals surface area contributed by atoms with E-state index in [1.165, 1.54) is 18.3 Å². The number of nitrogens with zero attached hydrogens (tertiary/aromatic N) is 7. The van der Waals surface area contributed by atoms with Gasteiger partial charge in [-0.05, 0) is 30.2 Å². The van der Waals surface area contributed by atoms with Crippen molar-refractivity contribution in [1.82, 2.24) is 35.1 Å². The molecule has 10 nitrogen and oxygen atoms in total. The van der Waals surface area contributed by atoms with E-state index >= 15 is 0 Å². The van der Waals surface area contributed by atoms with Gasteiger partial charge in [-0.25, -0.2) is 24.3 Å².